The number of aromatic hydroxyl groups is 2. The molecule has 4 nitrogen and oxygen atoms in total. The Balaban J connectivity index is 2.30. The van der Waals surface area contributed by atoms with Crippen molar-refractivity contribution in [3.8, 4) is 11.5 Å². The first-order chi connectivity index (χ1) is 8.97. The van der Waals surface area contributed by atoms with Gasteiger partial charge in [0, 0.05) is 4.47 Å². The number of carbonyl (C=O) groups is 1. The number of phenolic OH excluding ortho intramolecular Hbond substituents is 2. The minimum absolute atomic E-state index is 0.101. The van der Waals surface area contributed by atoms with Gasteiger partial charge in [-0.3, -0.25) is 4.79 Å². The van der Waals surface area contributed by atoms with E-state index >= 15 is 0 Å². The third kappa shape index (κ3) is 3.03. The number of hydrogen-bond donors (Lipinski definition) is 3. The van der Waals surface area contributed by atoms with E-state index in [0.717, 1.165) is 12.1 Å². The van der Waals surface area contributed by atoms with Crippen molar-refractivity contribution >= 4 is 27.5 Å². The molecular weight excluding hydrogens is 317 g/mol. The van der Waals surface area contributed by atoms with Gasteiger partial charge < -0.3 is 15.5 Å². The molecule has 2 aromatic carbocycles. The predicted molar refractivity (Wildman–Crippen MR) is 71.8 cm³/mol. The number of phenols is 2. The average Bonchev–Trinajstić information content (AvgIpc) is 2.36. The maximum atomic E-state index is 13.1. The first-order valence-corrected chi connectivity index (χ1v) is 6.05. The molecule has 0 heterocycles. The number of amides is 1. The van der Waals surface area contributed by atoms with E-state index in [2.05, 4.69) is 21.2 Å². The number of hydrogen-bond acceptors (Lipinski definition) is 3. The van der Waals surface area contributed by atoms with Gasteiger partial charge in [0.1, 0.15) is 17.3 Å². The highest BCUT2D eigenvalue weighted by Crippen LogP contribution is 2.26. The van der Waals surface area contributed by atoms with Gasteiger partial charge in [-0.15, -0.1) is 0 Å². The molecule has 0 saturated carbocycles. The summed E-state index contributed by atoms with van der Waals surface area (Å²) in [5.74, 6) is -1.58. The molecule has 0 spiro atoms. The van der Waals surface area contributed by atoms with Crippen molar-refractivity contribution in [3.63, 3.8) is 0 Å². The van der Waals surface area contributed by atoms with Gasteiger partial charge in [0.25, 0.3) is 5.91 Å². The topological polar surface area (TPSA) is 69.6 Å². The zero-order valence-electron chi connectivity index (χ0n) is 9.52. The molecule has 0 unspecified atom stereocenters. The SMILES string of the molecule is O=C(Nc1cc(F)ccc1Br)c1cc(O)ccc1O. The van der Waals surface area contributed by atoms with Crippen LogP contribution in [0.4, 0.5) is 10.1 Å². The zero-order valence-corrected chi connectivity index (χ0v) is 11.1. The summed E-state index contributed by atoms with van der Waals surface area (Å²) in [5, 5.41) is 21.3. The molecule has 98 valence electrons. The molecule has 0 aliphatic heterocycles. The summed E-state index contributed by atoms with van der Waals surface area (Å²) in [6.07, 6.45) is 0. The van der Waals surface area contributed by atoms with E-state index in [4.69, 9.17) is 0 Å². The maximum Gasteiger partial charge on any atom is 0.259 e. The molecule has 0 aliphatic rings. The number of anilines is 1. The molecule has 2 aromatic rings. The number of rotatable bonds is 2. The molecule has 2 rings (SSSR count). The van der Waals surface area contributed by atoms with Gasteiger partial charge in [-0.05, 0) is 52.3 Å². The smallest absolute Gasteiger partial charge is 0.259 e. The Labute approximate surface area is 116 Å². The van der Waals surface area contributed by atoms with E-state index in [1.807, 2.05) is 0 Å². The third-order valence-corrected chi connectivity index (χ3v) is 3.09. The van der Waals surface area contributed by atoms with Crippen molar-refractivity contribution in [1.29, 1.82) is 0 Å². The predicted octanol–water partition coefficient (Wildman–Crippen LogP) is 3.25. The largest absolute Gasteiger partial charge is 0.508 e. The van der Waals surface area contributed by atoms with E-state index in [1.54, 1.807) is 0 Å². The highest BCUT2D eigenvalue weighted by molar-refractivity contribution is 9.10. The fourth-order valence-electron chi connectivity index (χ4n) is 1.49. The summed E-state index contributed by atoms with van der Waals surface area (Å²) in [6.45, 7) is 0. The fraction of sp³-hybridized carbons (Fsp3) is 0. The summed E-state index contributed by atoms with van der Waals surface area (Å²) in [6, 6.07) is 7.41. The minimum atomic E-state index is -0.653. The zero-order chi connectivity index (χ0) is 14.0. The molecule has 19 heavy (non-hydrogen) atoms. The highest BCUT2D eigenvalue weighted by atomic mass is 79.9. The Kier molecular flexibility index (Phi) is 3.71. The molecule has 0 aromatic heterocycles. The van der Waals surface area contributed by atoms with Crippen LogP contribution in [0.1, 0.15) is 10.4 Å². The van der Waals surface area contributed by atoms with Crippen molar-refractivity contribution < 1.29 is 19.4 Å². The first-order valence-electron chi connectivity index (χ1n) is 5.26. The van der Waals surface area contributed by atoms with Gasteiger partial charge >= 0.3 is 0 Å². The van der Waals surface area contributed by atoms with Crippen LogP contribution in [-0.2, 0) is 0 Å². The Morgan fingerprint density at radius 3 is 2.63 bits per heavy atom. The number of carbonyl (C=O) groups excluding carboxylic acids is 1. The quantitative estimate of drug-likeness (QED) is 0.742. The number of benzene rings is 2. The van der Waals surface area contributed by atoms with Gasteiger partial charge in [0.05, 0.1) is 11.3 Å². The second-order valence-corrected chi connectivity index (χ2v) is 4.63. The summed E-state index contributed by atoms with van der Waals surface area (Å²) in [4.78, 5) is 11.9. The van der Waals surface area contributed by atoms with Crippen LogP contribution in [-0.4, -0.2) is 16.1 Å². The monoisotopic (exact) mass is 325 g/mol. The van der Waals surface area contributed by atoms with Crippen LogP contribution in [0.25, 0.3) is 0 Å². The lowest BCUT2D eigenvalue weighted by molar-refractivity contribution is 0.102. The van der Waals surface area contributed by atoms with Crippen molar-refractivity contribution in [3.05, 3.63) is 52.3 Å². The lowest BCUT2D eigenvalue weighted by atomic mass is 10.1. The minimum Gasteiger partial charge on any atom is -0.508 e. The highest BCUT2D eigenvalue weighted by Gasteiger charge is 2.14. The molecule has 0 aliphatic carbocycles. The van der Waals surface area contributed by atoms with Crippen molar-refractivity contribution in [2.75, 3.05) is 5.32 Å². The van der Waals surface area contributed by atoms with E-state index in [9.17, 15) is 19.4 Å². The Morgan fingerprint density at radius 1 is 1.16 bits per heavy atom. The molecular formula is C13H9BrFNO3. The van der Waals surface area contributed by atoms with Crippen LogP contribution in [0.2, 0.25) is 0 Å². The first kappa shape index (κ1) is 13.4. The van der Waals surface area contributed by atoms with Crippen LogP contribution in [0.5, 0.6) is 11.5 Å². The normalized spacial score (nSPS) is 10.2. The molecule has 1 amide bonds. The summed E-state index contributed by atoms with van der Waals surface area (Å²) < 4.78 is 13.6. The van der Waals surface area contributed by atoms with E-state index in [-0.39, 0.29) is 22.7 Å². The molecule has 6 heteroatoms. The van der Waals surface area contributed by atoms with Crippen LogP contribution >= 0.6 is 15.9 Å². The van der Waals surface area contributed by atoms with Gasteiger partial charge in [-0.2, -0.15) is 0 Å². The van der Waals surface area contributed by atoms with Crippen LogP contribution in [0.3, 0.4) is 0 Å². The Morgan fingerprint density at radius 2 is 1.89 bits per heavy atom. The van der Waals surface area contributed by atoms with Crippen molar-refractivity contribution in [2.45, 2.75) is 0 Å². The molecule has 0 radical (unpaired) electrons. The van der Waals surface area contributed by atoms with Gasteiger partial charge in [0.2, 0.25) is 0 Å². The van der Waals surface area contributed by atoms with Crippen molar-refractivity contribution in [1.82, 2.24) is 0 Å². The van der Waals surface area contributed by atoms with Gasteiger partial charge in [0.15, 0.2) is 0 Å². The van der Waals surface area contributed by atoms with Crippen LogP contribution in [0.15, 0.2) is 40.9 Å². The summed E-state index contributed by atoms with van der Waals surface area (Å²) in [7, 11) is 0. The molecule has 0 atom stereocenters. The van der Waals surface area contributed by atoms with E-state index in [1.165, 1.54) is 24.3 Å². The second-order valence-electron chi connectivity index (χ2n) is 3.78. The standard InChI is InChI=1S/C13H9BrFNO3/c14-10-3-1-7(15)5-11(10)16-13(19)9-6-8(17)2-4-12(9)18/h1-6,17-18H,(H,16,19). The molecule has 0 bridgehead atoms. The summed E-state index contributed by atoms with van der Waals surface area (Å²) >= 11 is 3.17. The summed E-state index contributed by atoms with van der Waals surface area (Å²) in [5.41, 5.74) is 0.129. The number of nitrogens with one attached hydrogen (secondary N) is 1. The third-order valence-electron chi connectivity index (χ3n) is 2.40. The van der Waals surface area contributed by atoms with Crippen LogP contribution < -0.4 is 5.32 Å². The van der Waals surface area contributed by atoms with E-state index < -0.39 is 11.7 Å². The maximum absolute atomic E-state index is 13.1. The lowest BCUT2D eigenvalue weighted by Gasteiger charge is -2.09. The number of halogens is 2. The average molecular weight is 326 g/mol. The van der Waals surface area contributed by atoms with Crippen LogP contribution in [0, 0.1) is 5.82 Å². The van der Waals surface area contributed by atoms with Gasteiger partial charge in [-0.1, -0.05) is 0 Å². The Hall–Kier alpha value is -2.08. The van der Waals surface area contributed by atoms with Crippen molar-refractivity contribution in [2.24, 2.45) is 0 Å². The lowest BCUT2D eigenvalue weighted by Crippen LogP contribution is -2.12. The second kappa shape index (κ2) is 5.27. The van der Waals surface area contributed by atoms with Gasteiger partial charge in [-0.25, -0.2) is 4.39 Å². The molecule has 0 fully saturated rings. The molecule has 0 saturated heterocycles. The van der Waals surface area contributed by atoms with E-state index in [0.29, 0.717) is 4.47 Å². The fourth-order valence-corrected chi connectivity index (χ4v) is 1.83. The Bertz CT molecular complexity index is 646. The molecule has 3 N–H and O–H groups in total.